The molecule has 2 amide bonds. The second-order valence-corrected chi connectivity index (χ2v) is 7.86. The molecular formula is C19H27N3O3. The predicted molar refractivity (Wildman–Crippen MR) is 95.2 cm³/mol. The number of nitrogens with one attached hydrogen (secondary N) is 1. The minimum absolute atomic E-state index is 0.000556. The van der Waals surface area contributed by atoms with Crippen LogP contribution >= 0.6 is 0 Å². The van der Waals surface area contributed by atoms with E-state index in [0.29, 0.717) is 26.2 Å². The van der Waals surface area contributed by atoms with E-state index in [-0.39, 0.29) is 24.1 Å². The summed E-state index contributed by atoms with van der Waals surface area (Å²) in [7, 11) is 0. The van der Waals surface area contributed by atoms with Crippen LogP contribution in [0, 0.1) is 0 Å². The van der Waals surface area contributed by atoms with Crippen LogP contribution in [0.5, 0.6) is 0 Å². The molecule has 0 spiro atoms. The molecule has 0 unspecified atom stereocenters. The molecule has 1 aromatic rings. The molecule has 0 bridgehead atoms. The molecule has 2 atom stereocenters. The molecular weight excluding hydrogens is 318 g/mol. The third-order valence-corrected chi connectivity index (χ3v) is 4.63. The number of hydrogen-bond acceptors (Lipinski definition) is 4. The van der Waals surface area contributed by atoms with Crippen molar-refractivity contribution < 1.29 is 14.3 Å². The summed E-state index contributed by atoms with van der Waals surface area (Å²) in [5.41, 5.74) is 0.660. The Balaban J connectivity index is 1.78. The first-order chi connectivity index (χ1) is 11.8. The molecule has 0 aromatic heterocycles. The Hall–Kier alpha value is -2.08. The maximum atomic E-state index is 12.8. The van der Waals surface area contributed by atoms with Crippen LogP contribution in [-0.4, -0.2) is 65.7 Å². The van der Waals surface area contributed by atoms with E-state index in [9.17, 15) is 9.59 Å². The molecule has 2 aliphatic rings. The van der Waals surface area contributed by atoms with Gasteiger partial charge in [0, 0.05) is 25.7 Å². The first kappa shape index (κ1) is 17.7. The van der Waals surface area contributed by atoms with Gasteiger partial charge in [0.15, 0.2) is 0 Å². The zero-order valence-corrected chi connectivity index (χ0v) is 15.2. The lowest BCUT2D eigenvalue weighted by molar-refractivity contribution is -0.127. The molecule has 2 fully saturated rings. The monoisotopic (exact) mass is 345 g/mol. The molecule has 1 aromatic carbocycles. The van der Waals surface area contributed by atoms with Gasteiger partial charge in [-0.3, -0.25) is 9.69 Å². The van der Waals surface area contributed by atoms with E-state index in [1.807, 2.05) is 43.9 Å². The zero-order valence-electron chi connectivity index (χ0n) is 15.2. The standard InChI is InChI=1S/C19H27N3O3/c1-19(2,3)25-18(24)22-12-16-10-20-17(23)13-21(16)11-15(22)9-14-7-5-4-6-8-14/h4-8,15-16H,9-13H2,1-3H3,(H,20,23)/t15-,16-/m0/s1. The van der Waals surface area contributed by atoms with Crippen LogP contribution in [0.4, 0.5) is 4.79 Å². The minimum atomic E-state index is -0.522. The highest BCUT2D eigenvalue weighted by Crippen LogP contribution is 2.22. The van der Waals surface area contributed by atoms with E-state index in [1.54, 1.807) is 0 Å². The van der Waals surface area contributed by atoms with Gasteiger partial charge < -0.3 is 15.0 Å². The number of carbonyl (C=O) groups excluding carboxylic acids is 2. The molecule has 6 nitrogen and oxygen atoms in total. The SMILES string of the molecule is CC(C)(C)OC(=O)N1C[C@@H]2CNC(=O)CN2C[C@@H]1Cc1ccccc1. The average Bonchev–Trinajstić information content (AvgIpc) is 2.53. The van der Waals surface area contributed by atoms with Gasteiger partial charge in [-0.05, 0) is 32.8 Å². The van der Waals surface area contributed by atoms with Crippen LogP contribution in [0.3, 0.4) is 0 Å². The lowest BCUT2D eigenvalue weighted by Crippen LogP contribution is -2.67. The van der Waals surface area contributed by atoms with Crippen molar-refractivity contribution in [3.63, 3.8) is 0 Å². The second-order valence-electron chi connectivity index (χ2n) is 7.86. The van der Waals surface area contributed by atoms with Crippen LogP contribution in [0.1, 0.15) is 26.3 Å². The van der Waals surface area contributed by atoms with Crippen LogP contribution in [0.2, 0.25) is 0 Å². The van der Waals surface area contributed by atoms with E-state index < -0.39 is 5.60 Å². The number of piperazine rings is 2. The Morgan fingerprint density at radius 3 is 2.64 bits per heavy atom. The van der Waals surface area contributed by atoms with Gasteiger partial charge in [0.1, 0.15) is 5.60 Å². The maximum Gasteiger partial charge on any atom is 0.410 e. The fourth-order valence-corrected chi connectivity index (χ4v) is 3.47. The highest BCUT2D eigenvalue weighted by Gasteiger charge is 2.40. The number of carbonyl (C=O) groups is 2. The van der Waals surface area contributed by atoms with Gasteiger partial charge in [-0.2, -0.15) is 0 Å². The molecule has 136 valence electrons. The summed E-state index contributed by atoms with van der Waals surface area (Å²) in [5, 5.41) is 2.89. The van der Waals surface area contributed by atoms with Gasteiger partial charge in [-0.15, -0.1) is 0 Å². The normalized spacial score (nSPS) is 24.4. The van der Waals surface area contributed by atoms with E-state index >= 15 is 0 Å². The quantitative estimate of drug-likeness (QED) is 0.885. The Kier molecular flexibility index (Phi) is 4.99. The van der Waals surface area contributed by atoms with Gasteiger partial charge in [-0.1, -0.05) is 30.3 Å². The van der Waals surface area contributed by atoms with Gasteiger partial charge in [-0.25, -0.2) is 4.79 Å². The Labute approximate surface area is 149 Å². The van der Waals surface area contributed by atoms with Crippen molar-refractivity contribution in [3.05, 3.63) is 35.9 Å². The van der Waals surface area contributed by atoms with Crippen molar-refractivity contribution >= 4 is 12.0 Å². The summed E-state index contributed by atoms with van der Waals surface area (Å²) in [6.45, 7) is 7.89. The highest BCUT2D eigenvalue weighted by molar-refractivity contribution is 5.79. The van der Waals surface area contributed by atoms with Gasteiger partial charge in [0.2, 0.25) is 5.91 Å². The topological polar surface area (TPSA) is 61.9 Å². The number of ether oxygens (including phenoxy) is 1. The number of benzene rings is 1. The number of hydrogen-bond donors (Lipinski definition) is 1. The maximum absolute atomic E-state index is 12.8. The second kappa shape index (κ2) is 7.04. The van der Waals surface area contributed by atoms with Crippen LogP contribution < -0.4 is 5.32 Å². The molecule has 0 saturated carbocycles. The van der Waals surface area contributed by atoms with E-state index in [1.165, 1.54) is 5.56 Å². The van der Waals surface area contributed by atoms with Crippen molar-refractivity contribution in [2.75, 3.05) is 26.2 Å². The fourth-order valence-electron chi connectivity index (χ4n) is 3.47. The summed E-state index contributed by atoms with van der Waals surface area (Å²) in [4.78, 5) is 28.5. The van der Waals surface area contributed by atoms with Crippen molar-refractivity contribution in [1.82, 2.24) is 15.1 Å². The first-order valence-electron chi connectivity index (χ1n) is 8.86. The number of rotatable bonds is 2. The van der Waals surface area contributed by atoms with E-state index in [4.69, 9.17) is 4.74 Å². The minimum Gasteiger partial charge on any atom is -0.444 e. The largest absolute Gasteiger partial charge is 0.444 e. The molecule has 0 aliphatic carbocycles. The van der Waals surface area contributed by atoms with Gasteiger partial charge in [0.05, 0.1) is 12.6 Å². The third kappa shape index (κ3) is 4.51. The number of nitrogens with zero attached hydrogens (tertiary/aromatic N) is 2. The fraction of sp³-hybridized carbons (Fsp3) is 0.579. The Morgan fingerprint density at radius 2 is 1.96 bits per heavy atom. The Bertz CT molecular complexity index is 627. The molecule has 6 heteroatoms. The summed E-state index contributed by atoms with van der Waals surface area (Å²) in [5.74, 6) is 0.0560. The van der Waals surface area contributed by atoms with E-state index in [2.05, 4.69) is 22.3 Å². The molecule has 1 N–H and O–H groups in total. The molecule has 3 rings (SSSR count). The predicted octanol–water partition coefficient (Wildman–Crippen LogP) is 1.65. The highest BCUT2D eigenvalue weighted by atomic mass is 16.6. The molecule has 2 saturated heterocycles. The summed E-state index contributed by atoms with van der Waals surface area (Å²) in [6.07, 6.45) is 0.482. The van der Waals surface area contributed by atoms with Crippen molar-refractivity contribution in [1.29, 1.82) is 0 Å². The molecule has 25 heavy (non-hydrogen) atoms. The first-order valence-corrected chi connectivity index (χ1v) is 8.86. The van der Waals surface area contributed by atoms with Crippen molar-refractivity contribution in [2.24, 2.45) is 0 Å². The summed E-state index contributed by atoms with van der Waals surface area (Å²) >= 11 is 0. The number of amides is 2. The average molecular weight is 345 g/mol. The van der Waals surface area contributed by atoms with Gasteiger partial charge >= 0.3 is 6.09 Å². The lowest BCUT2D eigenvalue weighted by atomic mass is 9.98. The third-order valence-electron chi connectivity index (χ3n) is 4.63. The van der Waals surface area contributed by atoms with E-state index in [0.717, 1.165) is 6.42 Å². The van der Waals surface area contributed by atoms with Gasteiger partial charge in [0.25, 0.3) is 0 Å². The smallest absolute Gasteiger partial charge is 0.410 e. The van der Waals surface area contributed by atoms with Crippen molar-refractivity contribution in [2.45, 2.75) is 44.9 Å². The van der Waals surface area contributed by atoms with Crippen molar-refractivity contribution in [3.8, 4) is 0 Å². The van der Waals surface area contributed by atoms with Crippen LogP contribution in [0.25, 0.3) is 0 Å². The number of fused-ring (bicyclic) bond motifs is 1. The molecule has 2 aliphatic heterocycles. The molecule has 0 radical (unpaired) electrons. The summed E-state index contributed by atoms with van der Waals surface area (Å²) in [6, 6.07) is 10.3. The zero-order chi connectivity index (χ0) is 18.0. The summed E-state index contributed by atoms with van der Waals surface area (Å²) < 4.78 is 5.63. The lowest BCUT2D eigenvalue weighted by Gasteiger charge is -2.48. The molecule has 2 heterocycles. The Morgan fingerprint density at radius 1 is 1.24 bits per heavy atom. The van der Waals surface area contributed by atoms with Crippen LogP contribution in [0.15, 0.2) is 30.3 Å². The van der Waals surface area contributed by atoms with Crippen LogP contribution in [-0.2, 0) is 16.0 Å².